The lowest BCUT2D eigenvalue weighted by Crippen LogP contribution is -2.34. The summed E-state index contributed by atoms with van der Waals surface area (Å²) in [6.07, 6.45) is 8.53. The van der Waals surface area contributed by atoms with Gasteiger partial charge >= 0.3 is 0 Å². The van der Waals surface area contributed by atoms with Crippen molar-refractivity contribution in [2.75, 3.05) is 13.1 Å². The quantitative estimate of drug-likeness (QED) is 0.693. The van der Waals surface area contributed by atoms with Gasteiger partial charge < -0.3 is 0 Å². The van der Waals surface area contributed by atoms with Gasteiger partial charge in [0.1, 0.15) is 5.03 Å². The van der Waals surface area contributed by atoms with E-state index in [0.29, 0.717) is 11.3 Å². The molecule has 0 saturated carbocycles. The fourth-order valence-corrected chi connectivity index (χ4v) is 3.86. The second-order valence-corrected chi connectivity index (χ2v) is 7.53. The first kappa shape index (κ1) is 15.8. The third-order valence-corrected chi connectivity index (χ3v) is 4.96. The van der Waals surface area contributed by atoms with Crippen LogP contribution in [0, 0.1) is 0 Å². The molecule has 1 aliphatic rings. The lowest BCUT2D eigenvalue weighted by Gasteiger charge is -2.36. The topological polar surface area (TPSA) is 16.1 Å². The van der Waals surface area contributed by atoms with Crippen LogP contribution in [0.25, 0.3) is 0 Å². The molecule has 1 aromatic heterocycles. The van der Waals surface area contributed by atoms with Gasteiger partial charge in [0.15, 0.2) is 0 Å². The summed E-state index contributed by atoms with van der Waals surface area (Å²) in [6, 6.07) is 4.99. The standard InChI is InChI=1S/C17H28N2S/c1-4-5-12-19-13-7-6-10-16(19)15-9-8-11-18-17(15)20-14(2)3/h8-9,11,14,16H,4-7,10,12-13H2,1-3H3/t16-/m1/s1. The van der Waals surface area contributed by atoms with Gasteiger partial charge in [-0.2, -0.15) is 0 Å². The monoisotopic (exact) mass is 292 g/mol. The van der Waals surface area contributed by atoms with Gasteiger partial charge in [-0.15, -0.1) is 11.8 Å². The van der Waals surface area contributed by atoms with E-state index in [9.17, 15) is 0 Å². The number of pyridine rings is 1. The summed E-state index contributed by atoms with van der Waals surface area (Å²) in [5.41, 5.74) is 1.46. The van der Waals surface area contributed by atoms with Crippen LogP contribution in [0.1, 0.15) is 64.5 Å². The predicted molar refractivity (Wildman–Crippen MR) is 88.3 cm³/mol. The highest BCUT2D eigenvalue weighted by Gasteiger charge is 2.26. The van der Waals surface area contributed by atoms with Gasteiger partial charge in [-0.25, -0.2) is 4.98 Å². The zero-order chi connectivity index (χ0) is 14.4. The van der Waals surface area contributed by atoms with Gasteiger partial charge in [0.25, 0.3) is 0 Å². The van der Waals surface area contributed by atoms with Gasteiger partial charge in [0, 0.05) is 23.1 Å². The Morgan fingerprint density at radius 2 is 2.25 bits per heavy atom. The fraction of sp³-hybridized carbons (Fsp3) is 0.706. The van der Waals surface area contributed by atoms with Crippen LogP contribution in [-0.2, 0) is 0 Å². The Balaban J connectivity index is 2.18. The summed E-state index contributed by atoms with van der Waals surface area (Å²) in [5.74, 6) is 0. The predicted octanol–water partition coefficient (Wildman–Crippen LogP) is 4.91. The minimum absolute atomic E-state index is 0.588. The van der Waals surface area contributed by atoms with E-state index in [1.165, 1.54) is 55.8 Å². The van der Waals surface area contributed by atoms with Crippen LogP contribution in [0.2, 0.25) is 0 Å². The highest BCUT2D eigenvalue weighted by Crippen LogP contribution is 2.36. The number of unbranched alkanes of at least 4 members (excludes halogenated alkanes) is 1. The molecule has 20 heavy (non-hydrogen) atoms. The molecule has 0 spiro atoms. The first-order valence-corrected chi connectivity index (χ1v) is 8.96. The van der Waals surface area contributed by atoms with Crippen LogP contribution in [0.15, 0.2) is 23.4 Å². The number of rotatable bonds is 6. The van der Waals surface area contributed by atoms with Crippen molar-refractivity contribution in [1.29, 1.82) is 0 Å². The molecule has 2 nitrogen and oxygen atoms in total. The van der Waals surface area contributed by atoms with Gasteiger partial charge in [-0.3, -0.25) is 4.90 Å². The third kappa shape index (κ3) is 4.23. The third-order valence-electron chi connectivity index (χ3n) is 3.92. The lowest BCUT2D eigenvalue weighted by molar-refractivity contribution is 0.144. The Labute approximate surface area is 128 Å². The molecule has 3 heteroatoms. The Morgan fingerprint density at radius 1 is 1.40 bits per heavy atom. The molecular formula is C17H28N2S. The summed E-state index contributed by atoms with van der Waals surface area (Å²) in [5, 5.41) is 1.84. The zero-order valence-corrected chi connectivity index (χ0v) is 14.0. The summed E-state index contributed by atoms with van der Waals surface area (Å²) in [4.78, 5) is 7.33. The van der Waals surface area contributed by atoms with Crippen LogP contribution >= 0.6 is 11.8 Å². The first-order valence-electron chi connectivity index (χ1n) is 8.08. The smallest absolute Gasteiger partial charge is 0.101 e. The van der Waals surface area contributed by atoms with Gasteiger partial charge in [0.05, 0.1) is 0 Å². The van der Waals surface area contributed by atoms with Crippen molar-refractivity contribution in [1.82, 2.24) is 9.88 Å². The number of hydrogen-bond donors (Lipinski definition) is 0. The molecule has 0 radical (unpaired) electrons. The lowest BCUT2D eigenvalue weighted by atomic mass is 9.96. The summed E-state index contributed by atoms with van der Waals surface area (Å²) >= 11 is 1.91. The first-order chi connectivity index (χ1) is 9.72. The molecule has 1 aromatic rings. The SMILES string of the molecule is CCCCN1CCCC[C@@H]1c1cccnc1SC(C)C. The van der Waals surface area contributed by atoms with E-state index in [4.69, 9.17) is 0 Å². The molecule has 0 bridgehead atoms. The van der Waals surface area contributed by atoms with E-state index in [-0.39, 0.29) is 0 Å². The van der Waals surface area contributed by atoms with Crippen LogP contribution in [0.5, 0.6) is 0 Å². The van der Waals surface area contributed by atoms with Crippen LogP contribution in [0.4, 0.5) is 0 Å². The van der Waals surface area contributed by atoms with Crippen molar-refractivity contribution in [2.24, 2.45) is 0 Å². The number of piperidine rings is 1. The maximum atomic E-state index is 4.65. The van der Waals surface area contributed by atoms with Crippen LogP contribution in [-0.4, -0.2) is 28.2 Å². The van der Waals surface area contributed by atoms with Crippen LogP contribution < -0.4 is 0 Å². The normalized spacial score (nSPS) is 20.5. The van der Waals surface area contributed by atoms with Gasteiger partial charge in [0.2, 0.25) is 0 Å². The van der Waals surface area contributed by atoms with E-state index >= 15 is 0 Å². The Kier molecular flexibility index (Phi) is 6.37. The van der Waals surface area contributed by atoms with E-state index in [1.54, 1.807) is 0 Å². The molecule has 0 unspecified atom stereocenters. The van der Waals surface area contributed by atoms with E-state index in [1.807, 2.05) is 18.0 Å². The maximum Gasteiger partial charge on any atom is 0.101 e. The minimum Gasteiger partial charge on any atom is -0.296 e. The Hall–Kier alpha value is -0.540. The van der Waals surface area contributed by atoms with Crippen molar-refractivity contribution in [3.8, 4) is 0 Å². The van der Waals surface area contributed by atoms with Crippen molar-refractivity contribution >= 4 is 11.8 Å². The molecule has 2 rings (SSSR count). The number of aromatic nitrogens is 1. The number of nitrogens with zero attached hydrogens (tertiary/aromatic N) is 2. The van der Waals surface area contributed by atoms with Crippen LogP contribution in [0.3, 0.4) is 0 Å². The van der Waals surface area contributed by atoms with E-state index < -0.39 is 0 Å². The average Bonchev–Trinajstić information content (AvgIpc) is 2.45. The Morgan fingerprint density at radius 3 is 3.00 bits per heavy atom. The average molecular weight is 292 g/mol. The second-order valence-electron chi connectivity index (χ2n) is 5.97. The van der Waals surface area contributed by atoms with E-state index in [0.717, 1.165) is 0 Å². The van der Waals surface area contributed by atoms with Crippen molar-refractivity contribution < 1.29 is 0 Å². The van der Waals surface area contributed by atoms with Gasteiger partial charge in [-0.05, 0) is 38.4 Å². The zero-order valence-electron chi connectivity index (χ0n) is 13.1. The molecule has 1 atom stereocenters. The maximum absolute atomic E-state index is 4.65. The molecule has 0 aromatic carbocycles. The molecule has 112 valence electrons. The molecule has 1 saturated heterocycles. The molecule has 1 fully saturated rings. The van der Waals surface area contributed by atoms with Crippen molar-refractivity contribution in [3.05, 3.63) is 23.9 Å². The molecule has 0 aliphatic carbocycles. The highest BCUT2D eigenvalue weighted by molar-refractivity contribution is 7.99. The molecular weight excluding hydrogens is 264 g/mol. The second kappa shape index (κ2) is 8.04. The molecule has 0 N–H and O–H groups in total. The van der Waals surface area contributed by atoms with Crippen molar-refractivity contribution in [2.45, 2.75) is 69.2 Å². The number of thioether (sulfide) groups is 1. The molecule has 2 heterocycles. The van der Waals surface area contributed by atoms with Gasteiger partial charge in [-0.1, -0.05) is 39.7 Å². The van der Waals surface area contributed by atoms with Crippen molar-refractivity contribution in [3.63, 3.8) is 0 Å². The Bertz CT molecular complexity index is 406. The highest BCUT2D eigenvalue weighted by atomic mass is 32.2. The molecule has 0 amide bonds. The minimum atomic E-state index is 0.588. The number of hydrogen-bond acceptors (Lipinski definition) is 3. The number of likely N-dealkylation sites (tertiary alicyclic amines) is 1. The van der Waals surface area contributed by atoms with E-state index in [2.05, 4.69) is 42.8 Å². The largest absolute Gasteiger partial charge is 0.296 e. The summed E-state index contributed by atoms with van der Waals surface area (Å²) < 4.78 is 0. The summed E-state index contributed by atoms with van der Waals surface area (Å²) in [7, 11) is 0. The fourth-order valence-electron chi connectivity index (χ4n) is 2.95. The summed E-state index contributed by atoms with van der Waals surface area (Å²) in [6.45, 7) is 9.27. The molecule has 1 aliphatic heterocycles.